The lowest BCUT2D eigenvalue weighted by molar-refractivity contribution is -0.192. The van der Waals surface area contributed by atoms with E-state index in [0.717, 1.165) is 46.2 Å². The molecule has 1 aliphatic carbocycles. The number of pyridine rings is 1. The summed E-state index contributed by atoms with van der Waals surface area (Å²) in [7, 11) is 1.71. The van der Waals surface area contributed by atoms with E-state index in [4.69, 9.17) is 19.6 Å². The van der Waals surface area contributed by atoms with E-state index >= 15 is 0 Å². The number of fused-ring (bicyclic) bond motifs is 1. The Labute approximate surface area is 222 Å². The second-order valence-electron chi connectivity index (χ2n) is 8.71. The smallest absolute Gasteiger partial charge is 0.490 e. The van der Waals surface area contributed by atoms with Crippen LogP contribution in [0.2, 0.25) is 0 Å². The maximum atomic E-state index is 10.6. The van der Waals surface area contributed by atoms with Crippen LogP contribution in [0.5, 0.6) is 5.75 Å². The summed E-state index contributed by atoms with van der Waals surface area (Å²) < 4.78 is 37.4. The maximum Gasteiger partial charge on any atom is 0.490 e. The molecular weight excluding hydrogens is 515 g/mol. The number of aliphatic carboxylic acids is 1. The lowest BCUT2D eigenvalue weighted by Gasteiger charge is -2.21. The Morgan fingerprint density at radius 3 is 2.53 bits per heavy atom. The van der Waals surface area contributed by atoms with Crippen LogP contribution in [0, 0.1) is 6.92 Å². The third-order valence-electron chi connectivity index (χ3n) is 6.06. The molecule has 0 radical (unpaired) electrons. The van der Waals surface area contributed by atoms with Crippen LogP contribution < -0.4 is 10.1 Å². The van der Waals surface area contributed by atoms with Crippen molar-refractivity contribution in [1.29, 1.82) is 0 Å². The average Bonchev–Trinajstić information content (AvgIpc) is 3.31. The predicted octanol–water partition coefficient (Wildman–Crippen LogP) is 7.37. The summed E-state index contributed by atoms with van der Waals surface area (Å²) in [5, 5.41) is 11.6. The van der Waals surface area contributed by atoms with Crippen LogP contribution >= 0.6 is 11.3 Å². The minimum atomic E-state index is -5.08. The molecule has 0 amide bonds. The molecule has 0 saturated carbocycles. The topological polar surface area (TPSA) is 84.3 Å². The Morgan fingerprint density at radius 1 is 1.13 bits per heavy atom. The highest BCUT2D eigenvalue weighted by Crippen LogP contribution is 2.41. The van der Waals surface area contributed by atoms with Gasteiger partial charge in [0, 0.05) is 40.0 Å². The molecule has 0 aliphatic heterocycles. The quantitative estimate of drug-likeness (QED) is 0.275. The summed E-state index contributed by atoms with van der Waals surface area (Å²) >= 11 is 1.77. The zero-order chi connectivity index (χ0) is 27.3. The van der Waals surface area contributed by atoms with Crippen LogP contribution in [0.1, 0.15) is 40.6 Å². The fourth-order valence-corrected chi connectivity index (χ4v) is 5.41. The molecule has 198 valence electrons. The molecule has 2 aromatic carbocycles. The standard InChI is InChI=1S/C26H25N3OS.C2HF3O2/c1-17-15-19(13-14-27-17)21-12-11-20(16-23(21)30-2)28-26-29-25-22(9-6-10-24(25)31-26)18-7-4-3-5-8-18;3-2(4,5)1(6)7/h3-5,7-8,11-16,22H,6,9-10H2,1-2H3,(H,28,29);(H,6,7). The number of ether oxygens (including phenoxy) is 1. The number of nitrogens with one attached hydrogen (secondary N) is 1. The number of methoxy groups -OCH3 is 1. The van der Waals surface area contributed by atoms with Crippen molar-refractivity contribution in [3.05, 3.63) is 88.7 Å². The molecular formula is C28H26F3N3O3S. The van der Waals surface area contributed by atoms with Gasteiger partial charge in [-0.15, -0.1) is 11.3 Å². The summed E-state index contributed by atoms with van der Waals surface area (Å²) in [6.07, 6.45) is 0.233. The number of anilines is 2. The molecule has 0 bridgehead atoms. The van der Waals surface area contributed by atoms with Crippen LogP contribution in [-0.4, -0.2) is 34.3 Å². The largest absolute Gasteiger partial charge is 0.496 e. The molecule has 38 heavy (non-hydrogen) atoms. The molecule has 5 rings (SSSR count). The van der Waals surface area contributed by atoms with Crippen molar-refractivity contribution in [3.63, 3.8) is 0 Å². The van der Waals surface area contributed by atoms with Gasteiger partial charge in [-0.05, 0) is 61.6 Å². The predicted molar refractivity (Wildman–Crippen MR) is 141 cm³/mol. The first kappa shape index (κ1) is 27.1. The maximum absolute atomic E-state index is 10.6. The molecule has 0 fully saturated rings. The molecule has 0 spiro atoms. The highest BCUT2D eigenvalue weighted by Gasteiger charge is 2.38. The number of carboxylic acids is 1. The van der Waals surface area contributed by atoms with Crippen LogP contribution in [0.3, 0.4) is 0 Å². The van der Waals surface area contributed by atoms with Crippen molar-refractivity contribution < 1.29 is 27.8 Å². The van der Waals surface area contributed by atoms with E-state index in [1.54, 1.807) is 18.4 Å². The number of benzene rings is 2. The van der Waals surface area contributed by atoms with Crippen LogP contribution in [0.15, 0.2) is 66.9 Å². The van der Waals surface area contributed by atoms with E-state index in [1.807, 2.05) is 25.3 Å². The number of hydrogen-bond donors (Lipinski definition) is 2. The van der Waals surface area contributed by atoms with Gasteiger partial charge in [0.25, 0.3) is 0 Å². The molecule has 2 aromatic heterocycles. The van der Waals surface area contributed by atoms with Gasteiger partial charge in [-0.3, -0.25) is 4.98 Å². The van der Waals surface area contributed by atoms with Crippen molar-refractivity contribution in [2.45, 2.75) is 38.3 Å². The minimum Gasteiger partial charge on any atom is -0.496 e. The third kappa shape index (κ3) is 6.49. The van der Waals surface area contributed by atoms with Crippen LogP contribution in [-0.2, 0) is 11.2 Å². The number of aromatic nitrogens is 2. The Morgan fingerprint density at radius 2 is 1.87 bits per heavy atom. The first-order valence-electron chi connectivity index (χ1n) is 11.9. The zero-order valence-electron chi connectivity index (χ0n) is 20.7. The van der Waals surface area contributed by atoms with Gasteiger partial charge in [-0.2, -0.15) is 13.2 Å². The van der Waals surface area contributed by atoms with Gasteiger partial charge in [0.1, 0.15) is 5.75 Å². The number of carbonyl (C=O) groups is 1. The summed E-state index contributed by atoms with van der Waals surface area (Å²) in [5.74, 6) is -1.53. The monoisotopic (exact) mass is 541 g/mol. The molecule has 4 aromatic rings. The second-order valence-corrected chi connectivity index (χ2v) is 9.80. The highest BCUT2D eigenvalue weighted by molar-refractivity contribution is 7.15. The van der Waals surface area contributed by atoms with Crippen molar-refractivity contribution in [2.75, 3.05) is 12.4 Å². The third-order valence-corrected chi connectivity index (χ3v) is 7.11. The Hall–Kier alpha value is -3.92. The molecule has 0 saturated heterocycles. The fraction of sp³-hybridized carbons (Fsp3) is 0.250. The van der Waals surface area contributed by atoms with E-state index in [-0.39, 0.29) is 0 Å². The zero-order valence-corrected chi connectivity index (χ0v) is 21.6. The summed E-state index contributed by atoms with van der Waals surface area (Å²) in [5.41, 5.74) is 6.73. The lowest BCUT2D eigenvalue weighted by atomic mass is 9.85. The Bertz CT molecular complexity index is 1410. The molecule has 1 atom stereocenters. The van der Waals surface area contributed by atoms with Gasteiger partial charge in [0.05, 0.1) is 12.8 Å². The minimum absolute atomic E-state index is 0.392. The van der Waals surface area contributed by atoms with Crippen molar-refractivity contribution in [2.24, 2.45) is 0 Å². The normalized spacial score (nSPS) is 14.6. The number of carboxylic acid groups (broad SMARTS) is 1. The number of aryl methyl sites for hydroxylation is 2. The van der Waals surface area contributed by atoms with Crippen LogP contribution in [0.25, 0.3) is 11.1 Å². The summed E-state index contributed by atoms with van der Waals surface area (Å²) in [4.78, 5) is 19.6. The van der Waals surface area contributed by atoms with Crippen molar-refractivity contribution in [1.82, 2.24) is 9.97 Å². The average molecular weight is 542 g/mol. The second kappa shape index (κ2) is 11.6. The number of hydrogen-bond acceptors (Lipinski definition) is 6. The number of halogens is 3. The lowest BCUT2D eigenvalue weighted by Crippen LogP contribution is -2.21. The van der Waals surface area contributed by atoms with Crippen molar-refractivity contribution in [3.8, 4) is 16.9 Å². The SMILES string of the molecule is COc1cc(Nc2nc3c(s2)CCCC3c2ccccc2)ccc1-c1ccnc(C)c1.O=C(O)C(F)(F)F. The molecule has 1 unspecified atom stereocenters. The summed E-state index contributed by atoms with van der Waals surface area (Å²) in [6.45, 7) is 2.00. The van der Waals surface area contributed by atoms with E-state index in [9.17, 15) is 13.2 Å². The van der Waals surface area contributed by atoms with Gasteiger partial charge in [0.15, 0.2) is 5.13 Å². The van der Waals surface area contributed by atoms with Gasteiger partial charge in [-0.1, -0.05) is 30.3 Å². The molecule has 2 N–H and O–H groups in total. The highest BCUT2D eigenvalue weighted by atomic mass is 32.1. The fourth-order valence-electron chi connectivity index (χ4n) is 4.33. The van der Waals surface area contributed by atoms with Gasteiger partial charge in [-0.25, -0.2) is 9.78 Å². The number of alkyl halides is 3. The number of nitrogens with zero attached hydrogens (tertiary/aromatic N) is 2. The van der Waals surface area contributed by atoms with Gasteiger partial charge >= 0.3 is 12.1 Å². The van der Waals surface area contributed by atoms with Crippen LogP contribution in [0.4, 0.5) is 24.0 Å². The first-order chi connectivity index (χ1) is 18.2. The number of thiazole rings is 1. The van der Waals surface area contributed by atoms with E-state index in [1.165, 1.54) is 22.6 Å². The summed E-state index contributed by atoms with van der Waals surface area (Å²) in [6, 6.07) is 21.1. The van der Waals surface area contributed by atoms with E-state index < -0.39 is 12.1 Å². The molecule has 1 aliphatic rings. The van der Waals surface area contributed by atoms with E-state index in [2.05, 4.69) is 58.8 Å². The molecule has 10 heteroatoms. The van der Waals surface area contributed by atoms with Gasteiger partial charge < -0.3 is 15.2 Å². The first-order valence-corrected chi connectivity index (χ1v) is 12.7. The Kier molecular flexibility index (Phi) is 8.31. The number of rotatable bonds is 5. The van der Waals surface area contributed by atoms with Gasteiger partial charge in [0.2, 0.25) is 0 Å². The van der Waals surface area contributed by atoms with Crippen molar-refractivity contribution >= 4 is 28.1 Å². The Balaban J connectivity index is 0.000000426. The molecule has 2 heterocycles. The van der Waals surface area contributed by atoms with E-state index in [0.29, 0.717) is 5.92 Å². The molecule has 6 nitrogen and oxygen atoms in total.